The summed E-state index contributed by atoms with van der Waals surface area (Å²) >= 11 is 0. The maximum absolute atomic E-state index is 9.82. The van der Waals surface area contributed by atoms with Crippen LogP contribution in [-0.4, -0.2) is 14.9 Å². The second-order valence-corrected chi connectivity index (χ2v) is 5.06. The van der Waals surface area contributed by atoms with Crippen molar-refractivity contribution in [2.75, 3.05) is 0 Å². The SMILES string of the molecule is CCC(O)c1ccc(-n2cc(-c3ccccc3)cn2)cc1. The molecular weight excluding hydrogens is 260 g/mol. The van der Waals surface area contributed by atoms with Gasteiger partial charge in [-0.1, -0.05) is 49.4 Å². The maximum Gasteiger partial charge on any atom is 0.0787 e. The van der Waals surface area contributed by atoms with Gasteiger partial charge in [0.15, 0.2) is 0 Å². The molecular formula is C18H18N2O. The van der Waals surface area contributed by atoms with Crippen LogP contribution in [0.5, 0.6) is 0 Å². The molecule has 3 rings (SSSR count). The van der Waals surface area contributed by atoms with Gasteiger partial charge < -0.3 is 5.11 Å². The third kappa shape index (κ3) is 2.88. The Balaban J connectivity index is 1.86. The van der Waals surface area contributed by atoms with Crippen molar-refractivity contribution >= 4 is 0 Å². The number of rotatable bonds is 4. The summed E-state index contributed by atoms with van der Waals surface area (Å²) in [5.41, 5.74) is 4.18. The monoisotopic (exact) mass is 278 g/mol. The normalized spacial score (nSPS) is 12.3. The van der Waals surface area contributed by atoms with Gasteiger partial charge in [0.05, 0.1) is 18.0 Å². The van der Waals surface area contributed by atoms with Gasteiger partial charge in [-0.05, 0) is 29.7 Å². The molecule has 0 saturated carbocycles. The number of hydrogen-bond acceptors (Lipinski definition) is 2. The van der Waals surface area contributed by atoms with Crippen molar-refractivity contribution in [1.29, 1.82) is 0 Å². The van der Waals surface area contributed by atoms with Crippen molar-refractivity contribution in [2.45, 2.75) is 19.4 Å². The van der Waals surface area contributed by atoms with E-state index in [0.717, 1.165) is 28.8 Å². The molecule has 0 fully saturated rings. The number of aliphatic hydroxyl groups excluding tert-OH is 1. The van der Waals surface area contributed by atoms with E-state index in [0.29, 0.717) is 0 Å². The first-order chi connectivity index (χ1) is 10.3. The van der Waals surface area contributed by atoms with Gasteiger partial charge in [0.25, 0.3) is 0 Å². The molecule has 21 heavy (non-hydrogen) atoms. The first-order valence-corrected chi connectivity index (χ1v) is 7.16. The van der Waals surface area contributed by atoms with Crippen LogP contribution >= 0.6 is 0 Å². The Labute approximate surface area is 124 Å². The average molecular weight is 278 g/mol. The van der Waals surface area contributed by atoms with E-state index in [2.05, 4.69) is 17.2 Å². The van der Waals surface area contributed by atoms with Crippen LogP contribution in [0.2, 0.25) is 0 Å². The highest BCUT2D eigenvalue weighted by Gasteiger charge is 2.06. The fraction of sp³-hybridized carbons (Fsp3) is 0.167. The minimum atomic E-state index is -0.392. The van der Waals surface area contributed by atoms with Crippen molar-refractivity contribution in [1.82, 2.24) is 9.78 Å². The standard InChI is InChI=1S/C18H18N2O/c1-2-18(21)15-8-10-17(11-9-15)20-13-16(12-19-20)14-6-4-3-5-7-14/h3-13,18,21H,2H2,1H3. The van der Waals surface area contributed by atoms with Gasteiger partial charge in [-0.25, -0.2) is 4.68 Å². The molecule has 1 aromatic heterocycles. The largest absolute Gasteiger partial charge is 0.388 e. The number of hydrogen-bond donors (Lipinski definition) is 1. The molecule has 0 saturated heterocycles. The van der Waals surface area contributed by atoms with Gasteiger partial charge in [-0.2, -0.15) is 5.10 Å². The average Bonchev–Trinajstić information content (AvgIpc) is 3.05. The highest BCUT2D eigenvalue weighted by atomic mass is 16.3. The number of nitrogens with zero attached hydrogens (tertiary/aromatic N) is 2. The van der Waals surface area contributed by atoms with Crippen LogP contribution in [0, 0.1) is 0 Å². The van der Waals surface area contributed by atoms with Crippen molar-refractivity contribution < 1.29 is 5.11 Å². The van der Waals surface area contributed by atoms with Gasteiger partial charge >= 0.3 is 0 Å². The molecule has 3 nitrogen and oxygen atoms in total. The highest BCUT2D eigenvalue weighted by molar-refractivity contribution is 5.62. The first kappa shape index (κ1) is 13.6. The zero-order chi connectivity index (χ0) is 14.7. The molecule has 0 aliphatic heterocycles. The van der Waals surface area contributed by atoms with Crippen molar-refractivity contribution in [2.24, 2.45) is 0 Å². The van der Waals surface area contributed by atoms with Crippen molar-refractivity contribution in [3.8, 4) is 16.8 Å². The third-order valence-corrected chi connectivity index (χ3v) is 3.62. The van der Waals surface area contributed by atoms with Crippen LogP contribution < -0.4 is 0 Å². The number of aromatic nitrogens is 2. The maximum atomic E-state index is 9.82. The lowest BCUT2D eigenvalue weighted by Crippen LogP contribution is -1.97. The van der Waals surface area contributed by atoms with E-state index < -0.39 is 6.10 Å². The van der Waals surface area contributed by atoms with Gasteiger partial charge in [0.2, 0.25) is 0 Å². The Hall–Kier alpha value is -2.39. The molecule has 0 spiro atoms. The fourth-order valence-corrected chi connectivity index (χ4v) is 2.33. The van der Waals surface area contributed by atoms with Gasteiger partial charge in [0, 0.05) is 11.8 Å². The summed E-state index contributed by atoms with van der Waals surface area (Å²) in [6.45, 7) is 1.97. The Morgan fingerprint density at radius 1 is 1.00 bits per heavy atom. The lowest BCUT2D eigenvalue weighted by molar-refractivity contribution is 0.173. The minimum absolute atomic E-state index is 0.392. The molecule has 1 atom stereocenters. The second-order valence-electron chi connectivity index (χ2n) is 5.06. The molecule has 0 amide bonds. The predicted octanol–water partition coefficient (Wildman–Crippen LogP) is 3.98. The molecule has 1 heterocycles. The van der Waals surface area contributed by atoms with Crippen LogP contribution in [0.25, 0.3) is 16.8 Å². The van der Waals surface area contributed by atoms with Crippen LogP contribution in [0.4, 0.5) is 0 Å². The van der Waals surface area contributed by atoms with Gasteiger partial charge in [-0.15, -0.1) is 0 Å². The van der Waals surface area contributed by atoms with E-state index in [9.17, 15) is 5.11 Å². The fourth-order valence-electron chi connectivity index (χ4n) is 2.33. The van der Waals surface area contributed by atoms with E-state index >= 15 is 0 Å². The quantitative estimate of drug-likeness (QED) is 0.783. The van der Waals surface area contributed by atoms with Crippen LogP contribution in [0.1, 0.15) is 25.0 Å². The summed E-state index contributed by atoms with van der Waals surface area (Å²) in [5, 5.41) is 14.2. The summed E-state index contributed by atoms with van der Waals surface area (Å²) in [6.07, 6.45) is 4.21. The van der Waals surface area contributed by atoms with E-state index in [1.54, 1.807) is 0 Å². The lowest BCUT2D eigenvalue weighted by atomic mass is 10.1. The molecule has 0 radical (unpaired) electrons. The van der Waals surface area contributed by atoms with E-state index in [4.69, 9.17) is 0 Å². The topological polar surface area (TPSA) is 38.0 Å². The summed E-state index contributed by atoms with van der Waals surface area (Å²) in [6, 6.07) is 18.1. The molecule has 106 valence electrons. The number of aliphatic hydroxyl groups is 1. The van der Waals surface area contributed by atoms with E-state index in [1.807, 2.05) is 66.5 Å². The van der Waals surface area contributed by atoms with E-state index in [-0.39, 0.29) is 0 Å². The van der Waals surface area contributed by atoms with Gasteiger partial charge in [0.1, 0.15) is 0 Å². The van der Waals surface area contributed by atoms with Crippen molar-refractivity contribution in [3.63, 3.8) is 0 Å². The summed E-state index contributed by atoms with van der Waals surface area (Å²) in [4.78, 5) is 0. The van der Waals surface area contributed by atoms with Crippen molar-refractivity contribution in [3.05, 3.63) is 72.6 Å². The lowest BCUT2D eigenvalue weighted by Gasteiger charge is -2.08. The summed E-state index contributed by atoms with van der Waals surface area (Å²) < 4.78 is 1.85. The molecule has 2 aromatic carbocycles. The Morgan fingerprint density at radius 2 is 1.71 bits per heavy atom. The minimum Gasteiger partial charge on any atom is -0.388 e. The van der Waals surface area contributed by atoms with Crippen LogP contribution in [0.15, 0.2) is 67.0 Å². The molecule has 0 aliphatic rings. The molecule has 1 unspecified atom stereocenters. The molecule has 0 bridgehead atoms. The zero-order valence-corrected chi connectivity index (χ0v) is 12.0. The zero-order valence-electron chi connectivity index (χ0n) is 12.0. The molecule has 3 heteroatoms. The first-order valence-electron chi connectivity index (χ1n) is 7.16. The summed E-state index contributed by atoms with van der Waals surface area (Å²) in [5.74, 6) is 0. The van der Waals surface area contributed by atoms with Crippen LogP contribution in [-0.2, 0) is 0 Å². The Bertz CT molecular complexity index is 702. The summed E-state index contributed by atoms with van der Waals surface area (Å²) in [7, 11) is 0. The third-order valence-electron chi connectivity index (χ3n) is 3.62. The Kier molecular flexibility index (Phi) is 3.84. The predicted molar refractivity (Wildman–Crippen MR) is 84.3 cm³/mol. The van der Waals surface area contributed by atoms with E-state index in [1.165, 1.54) is 0 Å². The highest BCUT2D eigenvalue weighted by Crippen LogP contribution is 2.21. The van der Waals surface area contributed by atoms with Gasteiger partial charge in [-0.3, -0.25) is 0 Å². The van der Waals surface area contributed by atoms with Crippen LogP contribution in [0.3, 0.4) is 0 Å². The molecule has 1 N–H and O–H groups in total. The Morgan fingerprint density at radius 3 is 2.38 bits per heavy atom. The second kappa shape index (κ2) is 5.94. The number of benzene rings is 2. The smallest absolute Gasteiger partial charge is 0.0787 e. The molecule has 0 aliphatic carbocycles. The molecule has 3 aromatic rings.